The number of hydrogen-bond donors (Lipinski definition) is 1. The summed E-state index contributed by atoms with van der Waals surface area (Å²) >= 11 is 0. The lowest BCUT2D eigenvalue weighted by Gasteiger charge is -2.44. The first kappa shape index (κ1) is 22.6. The van der Waals surface area contributed by atoms with Crippen LogP contribution in [0.25, 0.3) is 0 Å². The van der Waals surface area contributed by atoms with E-state index in [1.54, 1.807) is 0 Å². The van der Waals surface area contributed by atoms with Crippen molar-refractivity contribution in [2.45, 2.75) is 38.5 Å². The van der Waals surface area contributed by atoms with Crippen molar-refractivity contribution >= 4 is 11.9 Å². The molecule has 166 valence electrons. The van der Waals surface area contributed by atoms with Crippen LogP contribution in [-0.4, -0.2) is 79.8 Å². The van der Waals surface area contributed by atoms with E-state index in [1.165, 1.54) is 5.56 Å². The lowest BCUT2D eigenvalue weighted by molar-refractivity contribution is -0.146. The summed E-state index contributed by atoms with van der Waals surface area (Å²) in [4.78, 5) is 27.1. The first-order valence-electron chi connectivity index (χ1n) is 10.9. The number of likely N-dealkylation sites (N-methyl/N-ethyl adjacent to an activating group) is 1. The van der Waals surface area contributed by atoms with Gasteiger partial charge in [0.25, 0.3) is 0 Å². The maximum Gasteiger partial charge on any atom is 0.329 e. The number of carbonyl (C=O) groups excluding carboxylic acids is 1. The quantitative estimate of drug-likeness (QED) is 0.809. The first-order valence-corrected chi connectivity index (χ1v) is 10.9. The molecule has 1 aromatic carbocycles. The fraction of sp³-hybridized carbons (Fsp3) is 0.652. The molecule has 30 heavy (non-hydrogen) atoms. The molecule has 0 aliphatic carbocycles. The Labute approximate surface area is 178 Å². The van der Waals surface area contributed by atoms with Gasteiger partial charge in [0.1, 0.15) is 25.6 Å². The number of benzene rings is 1. The SMILES string of the molecule is CN1CCOc2ccccc2CCCCC2(CCN(C(=O)COCC(=O)O)CC2)C1. The highest BCUT2D eigenvalue weighted by atomic mass is 16.5. The Hall–Kier alpha value is -2.12. The number of ether oxygens (including phenoxy) is 2. The molecule has 1 saturated heterocycles. The first-order chi connectivity index (χ1) is 14.5. The number of likely N-dealkylation sites (tertiary alicyclic amines) is 1. The Balaban J connectivity index is 1.56. The molecule has 0 aromatic heterocycles. The third-order valence-electron chi connectivity index (χ3n) is 6.34. The van der Waals surface area contributed by atoms with E-state index in [0.717, 1.165) is 57.4 Å². The van der Waals surface area contributed by atoms with Gasteiger partial charge in [0.15, 0.2) is 0 Å². The van der Waals surface area contributed by atoms with Crippen LogP contribution in [-0.2, 0) is 20.7 Å². The molecule has 0 bridgehead atoms. The molecular formula is C23H34N2O5. The molecule has 0 radical (unpaired) electrons. The second-order valence-electron chi connectivity index (χ2n) is 8.67. The predicted molar refractivity (Wildman–Crippen MR) is 114 cm³/mol. The van der Waals surface area contributed by atoms with Crippen LogP contribution >= 0.6 is 0 Å². The number of piperidine rings is 1. The molecule has 1 fully saturated rings. The van der Waals surface area contributed by atoms with Crippen molar-refractivity contribution in [2.24, 2.45) is 5.41 Å². The number of nitrogens with zero attached hydrogens (tertiary/aromatic N) is 2. The second kappa shape index (κ2) is 10.8. The van der Waals surface area contributed by atoms with Gasteiger partial charge in [0, 0.05) is 26.2 Å². The van der Waals surface area contributed by atoms with E-state index in [4.69, 9.17) is 14.6 Å². The molecule has 1 spiro atoms. The monoisotopic (exact) mass is 418 g/mol. The minimum atomic E-state index is -1.05. The maximum absolute atomic E-state index is 12.3. The maximum atomic E-state index is 12.3. The van der Waals surface area contributed by atoms with Crippen molar-refractivity contribution in [3.8, 4) is 5.75 Å². The van der Waals surface area contributed by atoms with Crippen molar-refractivity contribution < 1.29 is 24.2 Å². The highest BCUT2D eigenvalue weighted by molar-refractivity contribution is 5.78. The summed E-state index contributed by atoms with van der Waals surface area (Å²) < 4.78 is 11.0. The van der Waals surface area contributed by atoms with Gasteiger partial charge in [-0.15, -0.1) is 0 Å². The van der Waals surface area contributed by atoms with Crippen LogP contribution < -0.4 is 4.74 Å². The van der Waals surface area contributed by atoms with E-state index in [0.29, 0.717) is 19.7 Å². The number of carboxylic acid groups (broad SMARTS) is 1. The lowest BCUT2D eigenvalue weighted by Crippen LogP contribution is -2.48. The molecule has 0 atom stereocenters. The van der Waals surface area contributed by atoms with Crippen molar-refractivity contribution in [2.75, 3.05) is 53.0 Å². The van der Waals surface area contributed by atoms with Gasteiger partial charge < -0.3 is 24.4 Å². The molecule has 7 nitrogen and oxygen atoms in total. The van der Waals surface area contributed by atoms with E-state index in [1.807, 2.05) is 11.0 Å². The average Bonchev–Trinajstić information content (AvgIpc) is 2.71. The summed E-state index contributed by atoms with van der Waals surface area (Å²) in [6, 6.07) is 8.34. The second-order valence-corrected chi connectivity index (χ2v) is 8.67. The topological polar surface area (TPSA) is 79.3 Å². The van der Waals surface area contributed by atoms with Crippen LogP contribution in [0.1, 0.15) is 37.7 Å². The molecule has 2 aliphatic heterocycles. The standard InChI is InChI=1S/C23H34N2O5/c1-24-14-15-30-20-8-3-2-6-19(20)7-4-5-9-23(18-24)10-12-25(13-11-23)21(26)16-29-17-22(27)28/h2-3,6,8H,4-5,7,9-18H2,1H3,(H,27,28). The number of fused-ring (bicyclic) bond motifs is 1. The van der Waals surface area contributed by atoms with Gasteiger partial charge in [0.05, 0.1) is 0 Å². The molecule has 0 unspecified atom stereocenters. The number of aryl methyl sites for hydroxylation is 1. The molecule has 1 amide bonds. The van der Waals surface area contributed by atoms with Crippen LogP contribution in [0.4, 0.5) is 0 Å². The summed E-state index contributed by atoms with van der Waals surface area (Å²) in [5, 5.41) is 8.65. The van der Waals surface area contributed by atoms with Crippen molar-refractivity contribution in [3.63, 3.8) is 0 Å². The van der Waals surface area contributed by atoms with Gasteiger partial charge >= 0.3 is 5.97 Å². The van der Waals surface area contributed by atoms with Crippen molar-refractivity contribution in [3.05, 3.63) is 29.8 Å². The Morgan fingerprint density at radius 3 is 2.63 bits per heavy atom. The minimum absolute atomic E-state index is 0.113. The number of hydrogen-bond acceptors (Lipinski definition) is 5. The summed E-state index contributed by atoms with van der Waals surface area (Å²) in [7, 11) is 2.15. The molecule has 3 rings (SSSR count). The van der Waals surface area contributed by atoms with Crippen LogP contribution in [0.15, 0.2) is 24.3 Å². The van der Waals surface area contributed by atoms with Gasteiger partial charge in [-0.3, -0.25) is 4.79 Å². The number of aliphatic carboxylic acids is 1. The molecule has 2 aliphatic rings. The van der Waals surface area contributed by atoms with Crippen molar-refractivity contribution in [1.29, 1.82) is 0 Å². The zero-order valence-corrected chi connectivity index (χ0v) is 18.0. The molecule has 1 N–H and O–H groups in total. The fourth-order valence-corrected chi connectivity index (χ4v) is 4.66. The molecule has 0 saturated carbocycles. The van der Waals surface area contributed by atoms with Crippen LogP contribution in [0.2, 0.25) is 0 Å². The zero-order valence-electron chi connectivity index (χ0n) is 18.0. The van der Waals surface area contributed by atoms with E-state index in [-0.39, 0.29) is 17.9 Å². The molecule has 7 heteroatoms. The van der Waals surface area contributed by atoms with Gasteiger partial charge in [-0.25, -0.2) is 4.79 Å². The Morgan fingerprint density at radius 1 is 1.10 bits per heavy atom. The molecule has 2 heterocycles. The summed E-state index contributed by atoms with van der Waals surface area (Å²) in [5.74, 6) is -0.154. The van der Waals surface area contributed by atoms with Crippen LogP contribution in [0.5, 0.6) is 5.75 Å². The van der Waals surface area contributed by atoms with E-state index in [2.05, 4.69) is 30.1 Å². The van der Waals surface area contributed by atoms with E-state index < -0.39 is 12.6 Å². The fourth-order valence-electron chi connectivity index (χ4n) is 4.66. The minimum Gasteiger partial charge on any atom is -0.492 e. The third kappa shape index (κ3) is 6.44. The number of carbonyl (C=O) groups is 2. The van der Waals surface area contributed by atoms with Gasteiger partial charge in [-0.2, -0.15) is 0 Å². The lowest BCUT2D eigenvalue weighted by atomic mass is 9.73. The summed E-state index contributed by atoms with van der Waals surface area (Å²) in [5.41, 5.74) is 1.50. The average molecular weight is 419 g/mol. The molecule has 1 aromatic rings. The number of carboxylic acids is 1. The Morgan fingerprint density at radius 2 is 1.87 bits per heavy atom. The van der Waals surface area contributed by atoms with E-state index >= 15 is 0 Å². The third-order valence-corrected chi connectivity index (χ3v) is 6.34. The van der Waals surface area contributed by atoms with Crippen molar-refractivity contribution in [1.82, 2.24) is 9.80 Å². The predicted octanol–water partition coefficient (Wildman–Crippen LogP) is 2.43. The van der Waals surface area contributed by atoms with Crippen LogP contribution in [0, 0.1) is 5.41 Å². The molecular weight excluding hydrogens is 384 g/mol. The Kier molecular flexibility index (Phi) is 8.10. The number of amides is 1. The highest BCUT2D eigenvalue weighted by Crippen LogP contribution is 2.38. The van der Waals surface area contributed by atoms with Gasteiger partial charge in [0.2, 0.25) is 5.91 Å². The zero-order chi connectivity index (χ0) is 21.4. The number of para-hydroxylation sites is 1. The van der Waals surface area contributed by atoms with Gasteiger partial charge in [-0.1, -0.05) is 24.6 Å². The summed E-state index contributed by atoms with van der Waals surface area (Å²) in [6.45, 7) is 3.40. The number of rotatable bonds is 4. The van der Waals surface area contributed by atoms with Crippen LogP contribution in [0.3, 0.4) is 0 Å². The van der Waals surface area contributed by atoms with Gasteiger partial charge in [-0.05, 0) is 56.2 Å². The highest BCUT2D eigenvalue weighted by Gasteiger charge is 2.36. The largest absolute Gasteiger partial charge is 0.492 e. The summed E-state index contributed by atoms with van der Waals surface area (Å²) in [6.07, 6.45) is 6.44. The normalized spacial score (nSPS) is 20.5. The Bertz CT molecular complexity index is 715. The smallest absolute Gasteiger partial charge is 0.329 e. The van der Waals surface area contributed by atoms with E-state index in [9.17, 15) is 9.59 Å².